The molecule has 2 fully saturated rings. The molecule has 3 aliphatic rings. The van der Waals surface area contributed by atoms with Crippen molar-refractivity contribution < 1.29 is 9.84 Å². The van der Waals surface area contributed by atoms with Crippen molar-refractivity contribution in [1.82, 2.24) is 9.88 Å². The number of methoxy groups -OCH3 is 1. The highest BCUT2D eigenvalue weighted by molar-refractivity contribution is 9.10. The number of aliphatic hydroxyl groups is 1. The standard InChI is InChI=1S/C26H29BrN2O2/c1-31-20-4-2-3-18(11-20)25-9-10-29(15-17-5-6-17)16-26(25,30)13-22-21-12-19(27)7-8-23(21)28-24(22)14-25/h2-4,7-8,11-12,17,28,30H,5-6,9-10,13-16H2,1H3/t25-,26-/m0/s1. The third kappa shape index (κ3) is 3.16. The molecule has 2 aromatic carbocycles. The van der Waals surface area contributed by atoms with Gasteiger partial charge in [0.2, 0.25) is 0 Å². The van der Waals surface area contributed by atoms with E-state index in [1.165, 1.54) is 35.0 Å². The van der Waals surface area contributed by atoms with Crippen molar-refractivity contribution in [1.29, 1.82) is 0 Å². The van der Waals surface area contributed by atoms with Gasteiger partial charge < -0.3 is 19.7 Å². The molecule has 2 N–H and O–H groups in total. The lowest BCUT2D eigenvalue weighted by Gasteiger charge is -2.56. The van der Waals surface area contributed by atoms with E-state index in [4.69, 9.17) is 4.74 Å². The largest absolute Gasteiger partial charge is 0.497 e. The summed E-state index contributed by atoms with van der Waals surface area (Å²) >= 11 is 3.64. The number of fused-ring (bicyclic) bond motifs is 4. The Morgan fingerprint density at radius 2 is 2.06 bits per heavy atom. The number of piperidine rings is 1. The zero-order valence-corrected chi connectivity index (χ0v) is 19.5. The predicted octanol–water partition coefficient (Wildman–Crippen LogP) is 4.82. The summed E-state index contributed by atoms with van der Waals surface area (Å²) in [6.45, 7) is 2.90. The van der Waals surface area contributed by atoms with Crippen molar-refractivity contribution in [2.24, 2.45) is 5.92 Å². The molecule has 0 unspecified atom stereocenters. The predicted molar refractivity (Wildman–Crippen MR) is 127 cm³/mol. The fourth-order valence-corrected chi connectivity index (χ4v) is 6.50. The first-order valence-electron chi connectivity index (χ1n) is 11.4. The van der Waals surface area contributed by atoms with Crippen LogP contribution in [0.5, 0.6) is 5.75 Å². The molecule has 2 atom stereocenters. The van der Waals surface area contributed by atoms with E-state index < -0.39 is 5.60 Å². The molecule has 0 radical (unpaired) electrons. The quantitative estimate of drug-likeness (QED) is 0.562. The summed E-state index contributed by atoms with van der Waals surface area (Å²) in [5.74, 6) is 1.69. The Morgan fingerprint density at radius 3 is 2.87 bits per heavy atom. The van der Waals surface area contributed by atoms with Crippen molar-refractivity contribution in [3.05, 3.63) is 63.8 Å². The van der Waals surface area contributed by atoms with E-state index >= 15 is 0 Å². The van der Waals surface area contributed by atoms with Gasteiger partial charge in [-0.25, -0.2) is 0 Å². The third-order valence-electron chi connectivity index (χ3n) is 7.97. The van der Waals surface area contributed by atoms with Gasteiger partial charge in [0.1, 0.15) is 5.75 Å². The Morgan fingerprint density at radius 1 is 1.19 bits per heavy atom. The summed E-state index contributed by atoms with van der Waals surface area (Å²) in [4.78, 5) is 6.21. The zero-order chi connectivity index (χ0) is 21.2. The molecule has 0 amide bonds. The average molecular weight is 481 g/mol. The summed E-state index contributed by atoms with van der Waals surface area (Å²) < 4.78 is 6.64. The van der Waals surface area contributed by atoms with Crippen LogP contribution >= 0.6 is 15.9 Å². The van der Waals surface area contributed by atoms with E-state index in [9.17, 15) is 5.11 Å². The number of hydrogen-bond donors (Lipinski definition) is 2. The number of ether oxygens (including phenoxy) is 1. The third-order valence-corrected chi connectivity index (χ3v) is 8.46. The maximum Gasteiger partial charge on any atom is 0.119 e. The van der Waals surface area contributed by atoms with E-state index in [0.29, 0.717) is 6.42 Å². The van der Waals surface area contributed by atoms with Crippen molar-refractivity contribution in [2.75, 3.05) is 26.7 Å². The fraction of sp³-hybridized carbons (Fsp3) is 0.462. The molecule has 1 saturated carbocycles. The lowest BCUT2D eigenvalue weighted by molar-refractivity contribution is -0.103. The zero-order valence-electron chi connectivity index (χ0n) is 18.0. The van der Waals surface area contributed by atoms with Crippen LogP contribution in [-0.2, 0) is 18.3 Å². The van der Waals surface area contributed by atoms with Gasteiger partial charge in [-0.15, -0.1) is 0 Å². The average Bonchev–Trinajstić information content (AvgIpc) is 3.52. The number of aromatic nitrogens is 1. The van der Waals surface area contributed by atoms with Crippen molar-refractivity contribution in [3.8, 4) is 5.75 Å². The lowest BCUT2D eigenvalue weighted by atomic mass is 9.56. The molecule has 2 aliphatic carbocycles. The van der Waals surface area contributed by atoms with Gasteiger partial charge in [-0.1, -0.05) is 28.1 Å². The van der Waals surface area contributed by atoms with Crippen LogP contribution in [0.2, 0.25) is 0 Å². The molecule has 6 rings (SSSR count). The SMILES string of the molecule is COc1cccc([C@@]23CCN(CC4CC4)C[C@@]2(O)Cc2c([nH]c4ccc(Br)cc24)C3)c1. The minimum atomic E-state index is -0.809. The van der Waals surface area contributed by atoms with Crippen LogP contribution in [0.4, 0.5) is 0 Å². The normalized spacial score (nSPS) is 28.4. The fourth-order valence-electron chi connectivity index (χ4n) is 6.14. The number of rotatable bonds is 4. The van der Waals surface area contributed by atoms with E-state index in [1.807, 2.05) is 6.07 Å². The molecule has 1 saturated heterocycles. The Labute approximate surface area is 191 Å². The number of likely N-dealkylation sites (tertiary alicyclic amines) is 1. The van der Waals surface area contributed by atoms with Crippen LogP contribution in [0.3, 0.4) is 0 Å². The highest BCUT2D eigenvalue weighted by Crippen LogP contribution is 2.52. The topological polar surface area (TPSA) is 48.5 Å². The van der Waals surface area contributed by atoms with Crippen LogP contribution in [0.25, 0.3) is 10.9 Å². The molecule has 0 spiro atoms. The second kappa shape index (κ2) is 7.09. The molecule has 3 aromatic rings. The van der Waals surface area contributed by atoms with Gasteiger partial charge in [0.25, 0.3) is 0 Å². The van der Waals surface area contributed by atoms with Gasteiger partial charge in [-0.05, 0) is 73.2 Å². The molecule has 5 heteroatoms. The van der Waals surface area contributed by atoms with Crippen LogP contribution in [0.15, 0.2) is 46.9 Å². The summed E-state index contributed by atoms with van der Waals surface area (Å²) in [7, 11) is 1.72. The summed E-state index contributed by atoms with van der Waals surface area (Å²) in [5, 5.41) is 13.7. The number of β-amino-alcohol motifs (C(OH)–C–C–N with tert-alkyl or cyclic N) is 1. The smallest absolute Gasteiger partial charge is 0.119 e. The van der Waals surface area contributed by atoms with E-state index in [-0.39, 0.29) is 5.41 Å². The van der Waals surface area contributed by atoms with Gasteiger partial charge in [0, 0.05) is 52.4 Å². The molecule has 4 nitrogen and oxygen atoms in total. The number of halogens is 1. The number of hydrogen-bond acceptors (Lipinski definition) is 3. The number of H-pyrrole nitrogens is 1. The molecular formula is C26H29BrN2O2. The van der Waals surface area contributed by atoms with Crippen molar-refractivity contribution in [2.45, 2.75) is 43.1 Å². The van der Waals surface area contributed by atoms with Gasteiger partial charge in [-0.3, -0.25) is 0 Å². The number of benzene rings is 2. The van der Waals surface area contributed by atoms with Crippen LogP contribution in [0, 0.1) is 5.92 Å². The highest BCUT2D eigenvalue weighted by Gasteiger charge is 2.57. The second-order valence-corrected chi connectivity index (χ2v) is 10.8. The van der Waals surface area contributed by atoms with Crippen LogP contribution in [0.1, 0.15) is 36.1 Å². The Kier molecular flexibility index (Phi) is 4.54. The Balaban J connectivity index is 1.49. The van der Waals surface area contributed by atoms with E-state index in [0.717, 1.165) is 54.1 Å². The summed E-state index contributed by atoms with van der Waals surface area (Å²) in [5.41, 5.74) is 3.79. The maximum absolute atomic E-state index is 12.4. The summed E-state index contributed by atoms with van der Waals surface area (Å²) in [6.07, 6.45) is 5.15. The highest BCUT2D eigenvalue weighted by atomic mass is 79.9. The molecule has 0 bridgehead atoms. The van der Waals surface area contributed by atoms with Crippen molar-refractivity contribution >= 4 is 26.8 Å². The van der Waals surface area contributed by atoms with Gasteiger partial charge in [-0.2, -0.15) is 0 Å². The molecule has 2 heterocycles. The maximum atomic E-state index is 12.4. The summed E-state index contributed by atoms with van der Waals surface area (Å²) in [6, 6.07) is 14.8. The van der Waals surface area contributed by atoms with Crippen molar-refractivity contribution in [3.63, 3.8) is 0 Å². The Bertz CT molecular complexity index is 1150. The lowest BCUT2D eigenvalue weighted by Crippen LogP contribution is -2.66. The first kappa shape index (κ1) is 19.8. The van der Waals surface area contributed by atoms with Gasteiger partial charge in [0.05, 0.1) is 12.7 Å². The van der Waals surface area contributed by atoms with Crippen LogP contribution in [-0.4, -0.2) is 47.3 Å². The van der Waals surface area contributed by atoms with Gasteiger partial charge >= 0.3 is 0 Å². The number of nitrogens with one attached hydrogen (secondary N) is 1. The molecule has 162 valence electrons. The van der Waals surface area contributed by atoms with E-state index in [1.54, 1.807) is 7.11 Å². The van der Waals surface area contributed by atoms with E-state index in [2.05, 4.69) is 62.2 Å². The number of aromatic amines is 1. The Hall–Kier alpha value is -1.82. The molecule has 1 aromatic heterocycles. The minimum absolute atomic E-state index is 0.313. The second-order valence-electron chi connectivity index (χ2n) is 9.90. The molecule has 1 aliphatic heterocycles. The monoisotopic (exact) mass is 480 g/mol. The first-order valence-corrected chi connectivity index (χ1v) is 12.2. The molecular weight excluding hydrogens is 452 g/mol. The number of nitrogens with zero attached hydrogens (tertiary/aromatic N) is 1. The van der Waals surface area contributed by atoms with Crippen LogP contribution < -0.4 is 4.74 Å². The minimum Gasteiger partial charge on any atom is -0.497 e. The molecule has 31 heavy (non-hydrogen) atoms. The first-order chi connectivity index (χ1) is 15.0. The van der Waals surface area contributed by atoms with Gasteiger partial charge in [0.15, 0.2) is 0 Å².